The summed E-state index contributed by atoms with van der Waals surface area (Å²) in [6, 6.07) is 0. The summed E-state index contributed by atoms with van der Waals surface area (Å²) in [7, 11) is 0. The van der Waals surface area contributed by atoms with E-state index >= 15 is 0 Å². The van der Waals surface area contributed by atoms with Gasteiger partial charge in [0.05, 0.1) is 6.20 Å². The van der Waals surface area contributed by atoms with Crippen LogP contribution in [0.1, 0.15) is 17.4 Å². The Morgan fingerprint density at radius 1 is 1.91 bits per heavy atom. The van der Waals surface area contributed by atoms with Crippen LogP contribution in [0.25, 0.3) is 0 Å². The molecule has 0 saturated carbocycles. The summed E-state index contributed by atoms with van der Waals surface area (Å²) >= 11 is 3.13. The highest BCUT2D eigenvalue weighted by atomic mass is 79.9. The molecule has 1 rings (SSSR count). The van der Waals surface area contributed by atoms with Crippen molar-refractivity contribution in [2.75, 3.05) is 0 Å². The SMILES string of the molecule is CCn1c(C(=O)O)cnc1Br. The molecule has 0 saturated heterocycles. The number of aromatic carboxylic acids is 1. The first-order chi connectivity index (χ1) is 5.16. The number of rotatable bonds is 2. The highest BCUT2D eigenvalue weighted by Crippen LogP contribution is 2.10. The Labute approximate surface area is 72.0 Å². The molecule has 1 heterocycles. The molecule has 0 radical (unpaired) electrons. The first-order valence-corrected chi connectivity index (χ1v) is 3.90. The third-order valence-corrected chi connectivity index (χ3v) is 1.98. The second kappa shape index (κ2) is 3.04. The molecule has 1 aromatic heterocycles. The molecule has 5 heteroatoms. The largest absolute Gasteiger partial charge is 0.477 e. The Bertz CT molecular complexity index is 282. The molecule has 0 spiro atoms. The van der Waals surface area contributed by atoms with Crippen molar-refractivity contribution in [2.45, 2.75) is 13.5 Å². The maximum Gasteiger partial charge on any atom is 0.354 e. The molecule has 0 aromatic carbocycles. The Morgan fingerprint density at radius 2 is 2.55 bits per heavy atom. The Hall–Kier alpha value is -0.840. The van der Waals surface area contributed by atoms with Crippen LogP contribution >= 0.6 is 15.9 Å². The van der Waals surface area contributed by atoms with Gasteiger partial charge in [-0.25, -0.2) is 9.78 Å². The zero-order valence-corrected chi connectivity index (χ0v) is 7.50. The summed E-state index contributed by atoms with van der Waals surface area (Å²) in [5.41, 5.74) is 0.208. The van der Waals surface area contributed by atoms with E-state index in [9.17, 15) is 4.79 Å². The van der Waals surface area contributed by atoms with Crippen LogP contribution in [0.3, 0.4) is 0 Å². The molecule has 0 bridgehead atoms. The lowest BCUT2D eigenvalue weighted by Gasteiger charge is -2.00. The molecule has 0 unspecified atom stereocenters. The van der Waals surface area contributed by atoms with Crippen LogP contribution in [0, 0.1) is 0 Å². The summed E-state index contributed by atoms with van der Waals surface area (Å²) < 4.78 is 2.12. The molecule has 0 amide bonds. The van der Waals surface area contributed by atoms with Crippen LogP contribution in [0.4, 0.5) is 0 Å². The van der Waals surface area contributed by atoms with Crippen LogP contribution in [-0.2, 0) is 6.54 Å². The highest BCUT2D eigenvalue weighted by Gasteiger charge is 2.11. The summed E-state index contributed by atoms with van der Waals surface area (Å²) in [4.78, 5) is 14.3. The number of halogens is 1. The summed E-state index contributed by atoms with van der Waals surface area (Å²) in [6.45, 7) is 2.46. The Balaban J connectivity index is 3.15. The van der Waals surface area contributed by atoms with Crippen molar-refractivity contribution in [3.8, 4) is 0 Å². The van der Waals surface area contributed by atoms with E-state index in [1.54, 1.807) is 4.57 Å². The lowest BCUT2D eigenvalue weighted by atomic mass is 10.5. The third kappa shape index (κ3) is 1.42. The van der Waals surface area contributed by atoms with Crippen molar-refractivity contribution in [1.82, 2.24) is 9.55 Å². The topological polar surface area (TPSA) is 55.1 Å². The van der Waals surface area contributed by atoms with Gasteiger partial charge in [0.1, 0.15) is 5.69 Å². The minimum absolute atomic E-state index is 0.208. The molecule has 60 valence electrons. The Morgan fingerprint density at radius 3 is 2.91 bits per heavy atom. The van der Waals surface area contributed by atoms with Gasteiger partial charge in [-0.3, -0.25) is 0 Å². The lowest BCUT2D eigenvalue weighted by molar-refractivity contribution is 0.0685. The fourth-order valence-corrected chi connectivity index (χ4v) is 1.37. The van der Waals surface area contributed by atoms with E-state index in [-0.39, 0.29) is 5.69 Å². The first-order valence-electron chi connectivity index (χ1n) is 3.11. The number of carboxylic acids is 1. The average Bonchev–Trinajstić information content (AvgIpc) is 2.30. The fourth-order valence-electron chi connectivity index (χ4n) is 0.825. The molecule has 11 heavy (non-hydrogen) atoms. The summed E-state index contributed by atoms with van der Waals surface area (Å²) in [5, 5.41) is 8.63. The van der Waals surface area contributed by atoms with Gasteiger partial charge in [-0.2, -0.15) is 0 Å². The van der Waals surface area contributed by atoms with Gasteiger partial charge in [-0.1, -0.05) is 0 Å². The predicted octanol–water partition coefficient (Wildman–Crippen LogP) is 1.36. The van der Waals surface area contributed by atoms with Crippen LogP contribution in [-0.4, -0.2) is 20.6 Å². The number of imidazole rings is 1. The van der Waals surface area contributed by atoms with E-state index in [2.05, 4.69) is 20.9 Å². The van der Waals surface area contributed by atoms with E-state index in [4.69, 9.17) is 5.11 Å². The van der Waals surface area contributed by atoms with Crippen LogP contribution in [0.5, 0.6) is 0 Å². The van der Waals surface area contributed by atoms with Crippen molar-refractivity contribution in [3.63, 3.8) is 0 Å². The van der Waals surface area contributed by atoms with Gasteiger partial charge < -0.3 is 9.67 Å². The maximum absolute atomic E-state index is 10.5. The van der Waals surface area contributed by atoms with Crippen LogP contribution < -0.4 is 0 Å². The summed E-state index contributed by atoms with van der Waals surface area (Å²) in [6.07, 6.45) is 1.33. The first kappa shape index (κ1) is 8.26. The van der Waals surface area contributed by atoms with Gasteiger partial charge in [0.2, 0.25) is 0 Å². The van der Waals surface area contributed by atoms with Crippen LogP contribution in [0.15, 0.2) is 10.9 Å². The zero-order valence-electron chi connectivity index (χ0n) is 5.91. The third-order valence-electron chi connectivity index (χ3n) is 1.34. The normalized spacial score (nSPS) is 10.0. The van der Waals surface area contributed by atoms with Gasteiger partial charge in [-0.05, 0) is 22.9 Å². The lowest BCUT2D eigenvalue weighted by Crippen LogP contribution is -2.06. The molecule has 0 aliphatic heterocycles. The predicted molar refractivity (Wildman–Crippen MR) is 42.6 cm³/mol. The monoisotopic (exact) mass is 218 g/mol. The second-order valence-corrected chi connectivity index (χ2v) is 2.67. The quantitative estimate of drug-likeness (QED) is 0.816. The molecule has 1 N–H and O–H groups in total. The van der Waals surface area contributed by atoms with Crippen molar-refractivity contribution >= 4 is 21.9 Å². The van der Waals surface area contributed by atoms with Crippen molar-refractivity contribution < 1.29 is 9.90 Å². The van der Waals surface area contributed by atoms with Gasteiger partial charge in [0, 0.05) is 6.54 Å². The van der Waals surface area contributed by atoms with Crippen molar-refractivity contribution in [2.24, 2.45) is 0 Å². The van der Waals surface area contributed by atoms with Crippen molar-refractivity contribution in [3.05, 3.63) is 16.6 Å². The highest BCUT2D eigenvalue weighted by molar-refractivity contribution is 9.10. The number of aromatic nitrogens is 2. The number of carboxylic acid groups (broad SMARTS) is 1. The number of carbonyl (C=O) groups is 1. The molecule has 0 aliphatic rings. The zero-order chi connectivity index (χ0) is 8.43. The van der Waals surface area contributed by atoms with Gasteiger partial charge in [-0.15, -0.1) is 0 Å². The van der Waals surface area contributed by atoms with E-state index in [1.807, 2.05) is 6.92 Å². The van der Waals surface area contributed by atoms with Crippen molar-refractivity contribution in [1.29, 1.82) is 0 Å². The van der Waals surface area contributed by atoms with E-state index in [0.717, 1.165) is 0 Å². The minimum Gasteiger partial charge on any atom is -0.477 e. The standard InChI is InChI=1S/C6H7BrN2O2/c1-2-9-4(5(10)11)3-8-6(9)7/h3H,2H2,1H3,(H,10,11). The molecule has 4 nitrogen and oxygen atoms in total. The summed E-state index contributed by atoms with van der Waals surface area (Å²) in [5.74, 6) is -0.954. The second-order valence-electron chi connectivity index (χ2n) is 1.96. The van der Waals surface area contributed by atoms with Crippen LogP contribution in [0.2, 0.25) is 0 Å². The van der Waals surface area contributed by atoms with E-state index < -0.39 is 5.97 Å². The molecular weight excluding hydrogens is 212 g/mol. The van der Waals surface area contributed by atoms with Gasteiger partial charge >= 0.3 is 5.97 Å². The molecule has 0 fully saturated rings. The smallest absolute Gasteiger partial charge is 0.354 e. The Kier molecular flexibility index (Phi) is 2.28. The average molecular weight is 219 g/mol. The molecule has 1 aromatic rings. The van der Waals surface area contributed by atoms with Gasteiger partial charge in [0.25, 0.3) is 0 Å². The maximum atomic E-state index is 10.5. The number of hydrogen-bond acceptors (Lipinski definition) is 2. The molecule has 0 atom stereocenters. The number of nitrogens with zero attached hydrogens (tertiary/aromatic N) is 2. The van der Waals surface area contributed by atoms with E-state index in [0.29, 0.717) is 11.3 Å². The van der Waals surface area contributed by atoms with E-state index in [1.165, 1.54) is 6.20 Å². The molecule has 0 aliphatic carbocycles. The number of hydrogen-bond donors (Lipinski definition) is 1. The minimum atomic E-state index is -0.954. The fraction of sp³-hybridized carbons (Fsp3) is 0.333. The van der Waals surface area contributed by atoms with Gasteiger partial charge in [0.15, 0.2) is 4.73 Å². The molecular formula is C6H7BrN2O2.